The van der Waals surface area contributed by atoms with Gasteiger partial charge in [-0.2, -0.15) is 4.68 Å². The fraction of sp³-hybridized carbons (Fsp3) is 0. The number of rotatable bonds is 2. The van der Waals surface area contributed by atoms with Gasteiger partial charge in [-0.05, 0) is 6.07 Å². The zero-order valence-electron chi connectivity index (χ0n) is 8.54. The van der Waals surface area contributed by atoms with Crippen molar-refractivity contribution in [3.8, 4) is 17.3 Å². The Morgan fingerprint density at radius 2 is 1.65 bits per heavy atom. The van der Waals surface area contributed by atoms with Crippen LogP contribution in [0, 0.1) is 0 Å². The first-order valence-electron chi connectivity index (χ1n) is 4.77. The second kappa shape index (κ2) is 3.67. The minimum Gasteiger partial charge on any atom is -0.503 e. The summed E-state index contributed by atoms with van der Waals surface area (Å²) in [5.74, 6) is 0.249. The smallest absolute Gasteiger partial charge is 0.199 e. The molecule has 0 aliphatic heterocycles. The highest BCUT2D eigenvalue weighted by Crippen LogP contribution is 2.25. The van der Waals surface area contributed by atoms with Gasteiger partial charge in [-0.15, -0.1) is 10.2 Å². The van der Waals surface area contributed by atoms with Gasteiger partial charge in [0, 0.05) is 6.20 Å². The first-order valence-corrected chi connectivity index (χ1v) is 4.77. The fourth-order valence-electron chi connectivity index (χ4n) is 1.44. The summed E-state index contributed by atoms with van der Waals surface area (Å²) in [4.78, 5) is 4.04. The molecular weight excluding hydrogens is 222 g/mol. The molecule has 0 spiro atoms. The van der Waals surface area contributed by atoms with Gasteiger partial charge in [0.2, 0.25) is 0 Å². The van der Waals surface area contributed by atoms with E-state index in [-0.39, 0.29) is 11.6 Å². The van der Waals surface area contributed by atoms with E-state index in [1.807, 2.05) is 0 Å². The summed E-state index contributed by atoms with van der Waals surface area (Å²) in [7, 11) is 0. The number of hydrogen-bond acceptors (Lipinski definition) is 6. The summed E-state index contributed by atoms with van der Waals surface area (Å²) < 4.78 is 2.81. The SMILES string of the molecule is Oc1c(-n2ccnn2)ccnc1-n1ccnn1. The third-order valence-corrected chi connectivity index (χ3v) is 2.19. The Morgan fingerprint density at radius 3 is 2.29 bits per heavy atom. The van der Waals surface area contributed by atoms with Crippen LogP contribution in [-0.2, 0) is 0 Å². The second-order valence-electron chi connectivity index (χ2n) is 3.20. The average Bonchev–Trinajstić information content (AvgIpc) is 3.02. The summed E-state index contributed by atoms with van der Waals surface area (Å²) in [6, 6.07) is 1.63. The number of aromatic nitrogens is 7. The zero-order valence-corrected chi connectivity index (χ0v) is 8.54. The molecule has 0 fully saturated rings. The van der Waals surface area contributed by atoms with Crippen LogP contribution in [-0.4, -0.2) is 40.1 Å². The van der Waals surface area contributed by atoms with E-state index in [0.717, 1.165) is 0 Å². The largest absolute Gasteiger partial charge is 0.503 e. The standard InChI is InChI=1S/C9H7N7O/c17-8-7(15-5-3-11-13-15)1-2-10-9(8)16-6-4-12-14-16/h1-6,17H. The fourth-order valence-corrected chi connectivity index (χ4v) is 1.44. The number of hydrogen-bond donors (Lipinski definition) is 1. The Morgan fingerprint density at radius 1 is 0.941 bits per heavy atom. The van der Waals surface area contributed by atoms with Crippen molar-refractivity contribution in [2.24, 2.45) is 0 Å². The normalized spacial score (nSPS) is 10.6. The van der Waals surface area contributed by atoms with E-state index in [2.05, 4.69) is 25.6 Å². The molecule has 3 rings (SSSR count). The highest BCUT2D eigenvalue weighted by Gasteiger charge is 2.12. The van der Waals surface area contributed by atoms with Crippen LogP contribution in [0.25, 0.3) is 11.5 Å². The predicted octanol–water partition coefficient (Wildman–Crippen LogP) is -0.0514. The van der Waals surface area contributed by atoms with Gasteiger partial charge in [0.25, 0.3) is 0 Å². The van der Waals surface area contributed by atoms with Crippen molar-refractivity contribution in [2.45, 2.75) is 0 Å². The molecule has 1 N–H and O–H groups in total. The molecule has 0 saturated heterocycles. The minimum atomic E-state index is -0.0384. The first kappa shape index (κ1) is 9.46. The van der Waals surface area contributed by atoms with Crippen LogP contribution in [0.4, 0.5) is 0 Å². The summed E-state index contributed by atoms with van der Waals surface area (Å²) in [5, 5.41) is 25.0. The van der Waals surface area contributed by atoms with E-state index < -0.39 is 0 Å². The van der Waals surface area contributed by atoms with Crippen molar-refractivity contribution in [1.82, 2.24) is 35.0 Å². The van der Waals surface area contributed by atoms with E-state index in [1.54, 1.807) is 24.7 Å². The molecule has 8 nitrogen and oxygen atoms in total. The maximum atomic E-state index is 10.1. The van der Waals surface area contributed by atoms with Crippen LogP contribution in [0.2, 0.25) is 0 Å². The molecule has 0 saturated carbocycles. The van der Waals surface area contributed by atoms with Gasteiger partial charge >= 0.3 is 0 Å². The minimum absolute atomic E-state index is 0.0384. The number of pyridine rings is 1. The van der Waals surface area contributed by atoms with Gasteiger partial charge in [0.15, 0.2) is 11.6 Å². The van der Waals surface area contributed by atoms with Crippen LogP contribution in [0.15, 0.2) is 37.1 Å². The zero-order chi connectivity index (χ0) is 11.7. The van der Waals surface area contributed by atoms with Gasteiger partial charge in [-0.25, -0.2) is 9.67 Å². The molecule has 0 amide bonds. The van der Waals surface area contributed by atoms with Crippen LogP contribution in [0.1, 0.15) is 0 Å². The lowest BCUT2D eigenvalue weighted by Gasteiger charge is -2.07. The van der Waals surface area contributed by atoms with Crippen molar-refractivity contribution in [3.63, 3.8) is 0 Å². The van der Waals surface area contributed by atoms with E-state index >= 15 is 0 Å². The van der Waals surface area contributed by atoms with E-state index in [4.69, 9.17) is 0 Å². The Balaban J connectivity index is 2.17. The molecule has 0 aliphatic carbocycles. The lowest BCUT2D eigenvalue weighted by atomic mass is 10.3. The van der Waals surface area contributed by atoms with Crippen LogP contribution < -0.4 is 0 Å². The predicted molar refractivity (Wildman–Crippen MR) is 55.7 cm³/mol. The van der Waals surface area contributed by atoms with E-state index in [9.17, 15) is 5.11 Å². The molecular formula is C9H7N7O. The highest BCUT2D eigenvalue weighted by molar-refractivity contribution is 5.53. The van der Waals surface area contributed by atoms with Gasteiger partial charge in [0.1, 0.15) is 5.69 Å². The molecule has 84 valence electrons. The van der Waals surface area contributed by atoms with Crippen LogP contribution >= 0.6 is 0 Å². The van der Waals surface area contributed by atoms with Gasteiger partial charge in [-0.3, -0.25) is 0 Å². The van der Waals surface area contributed by atoms with Crippen molar-refractivity contribution in [1.29, 1.82) is 0 Å². The van der Waals surface area contributed by atoms with Crippen LogP contribution in [0.3, 0.4) is 0 Å². The molecule has 8 heteroatoms. The summed E-state index contributed by atoms with van der Waals surface area (Å²) in [5.41, 5.74) is 0.475. The number of aromatic hydroxyl groups is 1. The maximum absolute atomic E-state index is 10.1. The molecule has 3 aromatic heterocycles. The Labute approximate surface area is 95.2 Å². The number of nitrogens with zero attached hydrogens (tertiary/aromatic N) is 7. The van der Waals surface area contributed by atoms with Gasteiger partial charge < -0.3 is 5.11 Å². The highest BCUT2D eigenvalue weighted by atomic mass is 16.3. The van der Waals surface area contributed by atoms with Crippen molar-refractivity contribution < 1.29 is 5.11 Å². The second-order valence-corrected chi connectivity index (χ2v) is 3.20. The van der Waals surface area contributed by atoms with Crippen molar-refractivity contribution in [2.75, 3.05) is 0 Å². The lowest BCUT2D eigenvalue weighted by molar-refractivity contribution is 0.460. The molecule has 0 radical (unpaired) electrons. The molecule has 0 unspecified atom stereocenters. The Bertz CT molecular complexity index is 564. The molecule has 0 atom stereocenters. The van der Waals surface area contributed by atoms with Gasteiger partial charge in [0.05, 0.1) is 24.8 Å². The average molecular weight is 229 g/mol. The molecule has 17 heavy (non-hydrogen) atoms. The summed E-state index contributed by atoms with van der Waals surface area (Å²) in [6.07, 6.45) is 7.79. The topological polar surface area (TPSA) is 94.5 Å². The summed E-state index contributed by atoms with van der Waals surface area (Å²) in [6.45, 7) is 0. The van der Waals surface area contributed by atoms with Crippen molar-refractivity contribution >= 4 is 0 Å². The third-order valence-electron chi connectivity index (χ3n) is 2.19. The molecule has 0 aromatic carbocycles. The maximum Gasteiger partial charge on any atom is 0.199 e. The first-order chi connectivity index (χ1) is 8.36. The third kappa shape index (κ3) is 1.51. The van der Waals surface area contributed by atoms with Gasteiger partial charge in [-0.1, -0.05) is 10.4 Å². The Kier molecular flexibility index (Phi) is 2.04. The summed E-state index contributed by atoms with van der Waals surface area (Å²) >= 11 is 0. The monoisotopic (exact) mass is 229 g/mol. The molecule has 3 heterocycles. The molecule has 0 bridgehead atoms. The Hall–Kier alpha value is -2.77. The van der Waals surface area contributed by atoms with E-state index in [0.29, 0.717) is 5.69 Å². The lowest BCUT2D eigenvalue weighted by Crippen LogP contribution is -2.03. The molecule has 3 aromatic rings. The van der Waals surface area contributed by atoms with Crippen LogP contribution in [0.5, 0.6) is 5.75 Å². The molecule has 0 aliphatic rings. The quantitative estimate of drug-likeness (QED) is 0.662. The van der Waals surface area contributed by atoms with Crippen molar-refractivity contribution in [3.05, 3.63) is 37.1 Å². The van der Waals surface area contributed by atoms with E-state index in [1.165, 1.54) is 21.8 Å².